The Morgan fingerprint density at radius 2 is 0.930 bits per heavy atom. The fraction of sp³-hybridized carbons (Fsp3) is 0.725. The number of sulfonamides is 2. The monoisotopic (exact) mass is 1050 g/mol. The van der Waals surface area contributed by atoms with Gasteiger partial charge in [-0.3, -0.25) is 4.79 Å². The van der Waals surface area contributed by atoms with E-state index in [1.165, 1.54) is 70.0 Å². The Bertz CT molecular complexity index is 1760. The number of carbonyl (C=O) groups excluding carboxylic acids is 1. The summed E-state index contributed by atoms with van der Waals surface area (Å²) in [6.07, 6.45) is 11.5. The SMILES string of the molecule is C.CCCCN.CCCN(CCC)S(=O)(=O)c1ccc(C(=O)NCCCOCC(CCO)CCCO)cc1.CCCN(CCC)S(=O)(=O)c1ccc(C(=O)O)cc1.NCCCOCC(CCO)CCCO. The van der Waals surface area contributed by atoms with E-state index in [9.17, 15) is 26.4 Å². The van der Waals surface area contributed by atoms with E-state index in [-0.39, 0.29) is 61.0 Å². The van der Waals surface area contributed by atoms with Crippen molar-refractivity contribution in [1.82, 2.24) is 13.9 Å². The van der Waals surface area contributed by atoms with E-state index in [2.05, 4.69) is 12.2 Å². The smallest absolute Gasteiger partial charge is 0.335 e. The van der Waals surface area contributed by atoms with Gasteiger partial charge in [-0.1, -0.05) is 48.5 Å². The highest BCUT2D eigenvalue weighted by atomic mass is 32.2. The fourth-order valence-corrected chi connectivity index (χ4v) is 9.91. The zero-order chi connectivity index (χ0) is 53.1. The number of carboxylic acid groups (broad SMARTS) is 1. The van der Waals surface area contributed by atoms with Crippen LogP contribution in [0.3, 0.4) is 0 Å². The average molecular weight is 1050 g/mol. The topological polar surface area (TPSA) is 293 Å². The minimum atomic E-state index is -3.56. The molecule has 0 aliphatic heterocycles. The van der Waals surface area contributed by atoms with Crippen molar-refractivity contribution in [3.05, 3.63) is 59.7 Å². The zero-order valence-electron chi connectivity index (χ0n) is 43.1. The normalized spacial score (nSPS) is 12.1. The number of carboxylic acids is 1. The maximum atomic E-state index is 12.8. The summed E-state index contributed by atoms with van der Waals surface area (Å²) in [6, 6.07) is 11.4. The summed E-state index contributed by atoms with van der Waals surface area (Å²) in [6.45, 7) is 16.7. The number of ether oxygens (including phenoxy) is 2. The molecule has 2 aromatic carbocycles. The second-order valence-corrected chi connectivity index (χ2v) is 20.6. The average Bonchev–Trinajstić information content (AvgIpc) is 3.35. The number of aliphatic hydroxyl groups is 4. The molecule has 10 N–H and O–H groups in total. The van der Waals surface area contributed by atoms with E-state index in [0.717, 1.165) is 64.3 Å². The van der Waals surface area contributed by atoms with Crippen LogP contribution in [0, 0.1) is 11.8 Å². The van der Waals surface area contributed by atoms with Crippen LogP contribution in [0.15, 0.2) is 58.3 Å². The van der Waals surface area contributed by atoms with E-state index >= 15 is 0 Å². The number of hydrogen-bond donors (Lipinski definition) is 8. The quantitative estimate of drug-likeness (QED) is 0.0355. The molecule has 0 fully saturated rings. The molecule has 2 aromatic rings. The van der Waals surface area contributed by atoms with Crippen LogP contribution in [0.2, 0.25) is 0 Å². The van der Waals surface area contributed by atoms with E-state index < -0.39 is 26.0 Å². The van der Waals surface area contributed by atoms with E-state index in [1.54, 1.807) is 0 Å². The van der Waals surface area contributed by atoms with Gasteiger partial charge in [-0.05, 0) is 157 Å². The van der Waals surface area contributed by atoms with Crippen molar-refractivity contribution in [2.45, 2.75) is 142 Å². The van der Waals surface area contributed by atoms with E-state index in [4.69, 9.17) is 46.5 Å². The number of unbranched alkanes of at least 4 members (excludes halogenated alkanes) is 1. The molecule has 0 saturated carbocycles. The number of aliphatic hydroxyl groups excluding tert-OH is 4. The predicted octanol–water partition coefficient (Wildman–Crippen LogP) is 6.10. The van der Waals surface area contributed by atoms with Crippen molar-refractivity contribution >= 4 is 31.9 Å². The number of nitrogens with one attached hydrogen (secondary N) is 1. The molecule has 416 valence electrons. The van der Waals surface area contributed by atoms with Crippen LogP contribution < -0.4 is 16.8 Å². The number of aromatic carboxylic acids is 1. The summed E-state index contributed by atoms with van der Waals surface area (Å²) in [4.78, 5) is 23.4. The highest BCUT2D eigenvalue weighted by Gasteiger charge is 2.24. The minimum Gasteiger partial charge on any atom is -0.478 e. The first-order chi connectivity index (χ1) is 33.6. The van der Waals surface area contributed by atoms with Crippen molar-refractivity contribution < 1.29 is 61.4 Å². The first-order valence-corrected chi connectivity index (χ1v) is 28.2. The van der Waals surface area contributed by atoms with Crippen LogP contribution in [0.4, 0.5) is 0 Å². The van der Waals surface area contributed by atoms with Gasteiger partial charge in [0.05, 0.1) is 15.4 Å². The summed E-state index contributed by atoms with van der Waals surface area (Å²) < 4.78 is 64.3. The molecule has 18 nitrogen and oxygen atoms in total. The summed E-state index contributed by atoms with van der Waals surface area (Å²) in [5.74, 6) is -0.732. The number of benzene rings is 2. The van der Waals surface area contributed by atoms with Crippen molar-refractivity contribution in [3.63, 3.8) is 0 Å². The second kappa shape index (κ2) is 46.7. The molecule has 0 bridgehead atoms. The number of carbonyl (C=O) groups is 2. The summed E-state index contributed by atoms with van der Waals surface area (Å²) >= 11 is 0. The molecule has 0 aromatic heterocycles. The molecular weight excluding hydrogens is 955 g/mol. The first-order valence-electron chi connectivity index (χ1n) is 25.3. The van der Waals surface area contributed by atoms with Crippen molar-refractivity contribution in [2.24, 2.45) is 23.3 Å². The summed E-state index contributed by atoms with van der Waals surface area (Å²) in [5.41, 5.74) is 11.0. The lowest BCUT2D eigenvalue weighted by Gasteiger charge is -2.21. The molecular formula is C51H97N5O13S2. The van der Waals surface area contributed by atoms with Gasteiger partial charge in [-0.25, -0.2) is 21.6 Å². The Hall–Kier alpha value is -3.12. The van der Waals surface area contributed by atoms with E-state index in [0.29, 0.717) is 96.4 Å². The molecule has 0 saturated heterocycles. The van der Waals surface area contributed by atoms with Crippen LogP contribution in [0.1, 0.15) is 153 Å². The Morgan fingerprint density at radius 1 is 0.549 bits per heavy atom. The molecule has 2 rings (SSSR count). The second-order valence-electron chi connectivity index (χ2n) is 16.7. The Balaban J connectivity index is -0.00000100. The van der Waals surface area contributed by atoms with Gasteiger partial charge in [0, 0.05) is 91.1 Å². The molecule has 71 heavy (non-hydrogen) atoms. The number of hydrogen-bond acceptors (Lipinski definition) is 14. The van der Waals surface area contributed by atoms with Gasteiger partial charge >= 0.3 is 5.97 Å². The van der Waals surface area contributed by atoms with Gasteiger partial charge in [0.2, 0.25) is 20.0 Å². The number of nitrogens with zero attached hydrogens (tertiary/aromatic N) is 2. The van der Waals surface area contributed by atoms with Crippen LogP contribution in [0.25, 0.3) is 0 Å². The van der Waals surface area contributed by atoms with Crippen molar-refractivity contribution in [2.75, 3.05) is 98.7 Å². The van der Waals surface area contributed by atoms with Gasteiger partial charge in [-0.2, -0.15) is 8.61 Å². The highest BCUT2D eigenvalue weighted by Crippen LogP contribution is 2.19. The number of nitrogens with two attached hydrogens (primary N) is 2. The zero-order valence-corrected chi connectivity index (χ0v) is 44.8. The van der Waals surface area contributed by atoms with Gasteiger partial charge in [-0.15, -0.1) is 0 Å². The molecule has 20 heteroatoms. The number of amides is 1. The lowest BCUT2D eigenvalue weighted by Crippen LogP contribution is -2.32. The lowest BCUT2D eigenvalue weighted by atomic mass is 10.0. The van der Waals surface area contributed by atoms with Crippen LogP contribution >= 0.6 is 0 Å². The summed E-state index contributed by atoms with van der Waals surface area (Å²) in [5, 5.41) is 47.1. The Kier molecular flexibility index (Phi) is 47.4. The van der Waals surface area contributed by atoms with Crippen molar-refractivity contribution in [3.8, 4) is 0 Å². The molecule has 0 spiro atoms. The largest absolute Gasteiger partial charge is 0.478 e. The van der Waals surface area contributed by atoms with Gasteiger partial charge in [0.15, 0.2) is 0 Å². The standard InChI is InChI=1S/C23H40N2O6S.C13H19NO4S.C10H23NO3.C4H11N.CH4/c1-3-14-25(15-4-2)32(29,30)22-10-8-21(9-11-22)23(28)24-13-6-18-31-19-20(12-17-27)7-5-16-26;1-3-9-14(10-4-2)19(17,18)12-7-5-11(6-8-12)13(15)16;11-5-2-8-14-9-10(4-7-13)3-1-6-12;1-2-3-4-5;/h8-11,20,26-27H,3-7,12-19H2,1-2H3,(H,24,28);5-8H,3-4,9-10H2,1-2H3,(H,15,16);10,12-13H,1-9,11H2;2-5H2,1H3;1H4. The maximum absolute atomic E-state index is 12.8. The third-order valence-electron chi connectivity index (χ3n) is 10.5. The molecule has 0 aliphatic carbocycles. The molecule has 0 radical (unpaired) electrons. The first kappa shape index (κ1) is 72.1. The molecule has 1 amide bonds. The molecule has 2 unspecified atom stereocenters. The summed E-state index contributed by atoms with van der Waals surface area (Å²) in [7, 11) is -7.08. The van der Waals surface area contributed by atoms with Gasteiger partial charge in [0.25, 0.3) is 5.91 Å². The van der Waals surface area contributed by atoms with Crippen molar-refractivity contribution in [1.29, 1.82) is 0 Å². The van der Waals surface area contributed by atoms with Gasteiger partial charge < -0.3 is 51.8 Å². The van der Waals surface area contributed by atoms with Crippen LogP contribution in [-0.4, -0.2) is 162 Å². The van der Waals surface area contributed by atoms with E-state index in [1.807, 2.05) is 27.7 Å². The highest BCUT2D eigenvalue weighted by molar-refractivity contribution is 7.89. The van der Waals surface area contributed by atoms with Crippen LogP contribution in [0.5, 0.6) is 0 Å². The maximum Gasteiger partial charge on any atom is 0.335 e. The molecule has 0 aliphatic rings. The Morgan fingerprint density at radius 3 is 1.24 bits per heavy atom. The molecule has 2 atom stereocenters. The third kappa shape index (κ3) is 33.3. The predicted molar refractivity (Wildman–Crippen MR) is 285 cm³/mol. The third-order valence-corrected chi connectivity index (χ3v) is 14.3. The number of rotatable bonds is 37. The van der Waals surface area contributed by atoms with Gasteiger partial charge in [0.1, 0.15) is 0 Å². The fourth-order valence-electron chi connectivity index (χ4n) is 6.66. The Labute approximate surface area is 429 Å². The lowest BCUT2D eigenvalue weighted by molar-refractivity contribution is 0.0696. The van der Waals surface area contributed by atoms with Crippen LogP contribution in [-0.2, 0) is 29.5 Å². The minimum absolute atomic E-state index is 0. The molecule has 0 heterocycles.